The van der Waals surface area contributed by atoms with Crippen LogP contribution in [0.3, 0.4) is 0 Å². The van der Waals surface area contributed by atoms with Crippen LogP contribution in [0.15, 0.2) is 42.6 Å². The molecule has 0 spiro atoms. The van der Waals surface area contributed by atoms with Crippen LogP contribution in [0.25, 0.3) is 0 Å². The van der Waals surface area contributed by atoms with Crippen molar-refractivity contribution in [3.63, 3.8) is 0 Å². The quantitative estimate of drug-likeness (QED) is 0.468. The summed E-state index contributed by atoms with van der Waals surface area (Å²) in [6, 6.07) is 8.59. The van der Waals surface area contributed by atoms with Crippen molar-refractivity contribution in [3.8, 4) is 0 Å². The smallest absolute Gasteiger partial charge is 0.277 e. The van der Waals surface area contributed by atoms with Gasteiger partial charge in [0, 0.05) is 11.8 Å². The van der Waals surface area contributed by atoms with Crippen molar-refractivity contribution >= 4 is 17.4 Å². The van der Waals surface area contributed by atoms with Gasteiger partial charge in [0.25, 0.3) is 11.7 Å². The van der Waals surface area contributed by atoms with E-state index >= 15 is 0 Å². The Balaban J connectivity index is 1.98. The molecule has 1 aromatic heterocycles. The van der Waals surface area contributed by atoms with Gasteiger partial charge in [-0.2, -0.15) is 0 Å². The summed E-state index contributed by atoms with van der Waals surface area (Å²) in [5, 5.41) is 17.6. The molecule has 0 saturated heterocycles. The summed E-state index contributed by atoms with van der Waals surface area (Å²) in [7, 11) is 0. The Morgan fingerprint density at radius 3 is 2.57 bits per heavy atom. The number of unbranched alkanes of at least 4 members (excludes halogenated alkanes) is 2. The lowest BCUT2D eigenvalue weighted by Gasteiger charge is -2.11. The summed E-state index contributed by atoms with van der Waals surface area (Å²) >= 11 is 0. The topological polar surface area (TPSA) is 68.1 Å². The summed E-state index contributed by atoms with van der Waals surface area (Å²) in [5.74, 6) is -0.378. The number of anilines is 2. The number of carbonyl (C=O) groups excluding carboxylic acids is 1. The molecule has 0 aliphatic carbocycles. The highest BCUT2D eigenvalue weighted by Gasteiger charge is 2.11. The van der Waals surface area contributed by atoms with E-state index in [9.17, 15) is 14.4 Å². The highest BCUT2D eigenvalue weighted by molar-refractivity contribution is 6.03. The summed E-state index contributed by atoms with van der Waals surface area (Å²) in [5.41, 5.74) is 0.707. The summed E-state index contributed by atoms with van der Waals surface area (Å²) in [6.45, 7) is 2.83. The molecule has 0 saturated carbocycles. The molecular formula is C17H20FN3O2. The number of nitrogens with zero attached hydrogens (tertiary/aromatic N) is 1. The fourth-order valence-corrected chi connectivity index (χ4v) is 2.08. The maximum absolute atomic E-state index is 12.8. The Bertz CT molecular complexity index is 659. The number of halogens is 1. The fraction of sp³-hybridized carbons (Fsp3) is 0.294. The van der Waals surface area contributed by atoms with E-state index in [1.165, 1.54) is 30.5 Å². The molecule has 0 aliphatic rings. The second-order valence-corrected chi connectivity index (χ2v) is 5.22. The molecule has 0 aliphatic heterocycles. The van der Waals surface area contributed by atoms with Crippen molar-refractivity contribution in [2.45, 2.75) is 26.2 Å². The van der Waals surface area contributed by atoms with Crippen molar-refractivity contribution in [3.05, 3.63) is 59.2 Å². The van der Waals surface area contributed by atoms with E-state index in [2.05, 4.69) is 17.6 Å². The molecule has 1 heterocycles. The Morgan fingerprint density at radius 1 is 1.17 bits per heavy atom. The molecule has 122 valence electrons. The van der Waals surface area contributed by atoms with Crippen LogP contribution >= 0.6 is 0 Å². The average Bonchev–Trinajstić information content (AvgIpc) is 2.55. The molecule has 1 aromatic carbocycles. The van der Waals surface area contributed by atoms with Gasteiger partial charge in [0.15, 0.2) is 0 Å². The van der Waals surface area contributed by atoms with Gasteiger partial charge < -0.3 is 10.5 Å². The third-order valence-corrected chi connectivity index (χ3v) is 3.37. The van der Waals surface area contributed by atoms with E-state index in [0.717, 1.165) is 25.8 Å². The maximum Gasteiger partial charge on any atom is 0.277 e. The molecule has 0 fully saturated rings. The van der Waals surface area contributed by atoms with Gasteiger partial charge in [-0.25, -0.2) is 9.12 Å². The van der Waals surface area contributed by atoms with E-state index < -0.39 is 5.91 Å². The van der Waals surface area contributed by atoms with Crippen molar-refractivity contribution in [1.29, 1.82) is 0 Å². The first-order valence-corrected chi connectivity index (χ1v) is 7.64. The van der Waals surface area contributed by atoms with Crippen LogP contribution in [0.4, 0.5) is 15.9 Å². The van der Waals surface area contributed by atoms with Gasteiger partial charge in [0.05, 0.1) is 12.1 Å². The number of amides is 1. The maximum atomic E-state index is 12.8. The highest BCUT2D eigenvalue weighted by Crippen LogP contribution is 2.11. The van der Waals surface area contributed by atoms with Crippen LogP contribution < -0.4 is 15.4 Å². The van der Waals surface area contributed by atoms with Gasteiger partial charge in [-0.1, -0.05) is 13.3 Å². The number of benzene rings is 1. The summed E-state index contributed by atoms with van der Waals surface area (Å²) in [4.78, 5) is 12.1. The van der Waals surface area contributed by atoms with E-state index in [1.807, 2.05) is 0 Å². The average molecular weight is 317 g/mol. The Hall–Kier alpha value is -2.63. The number of hydrogen-bond donors (Lipinski definition) is 2. The molecule has 0 radical (unpaired) electrons. The van der Waals surface area contributed by atoms with Gasteiger partial charge in [-0.15, -0.1) is 0 Å². The minimum Gasteiger partial charge on any atom is -0.711 e. The normalized spacial score (nSPS) is 10.3. The second kappa shape index (κ2) is 8.12. The lowest BCUT2D eigenvalue weighted by molar-refractivity contribution is -0.590. The first-order chi connectivity index (χ1) is 11.1. The molecule has 1 amide bonds. The molecular weight excluding hydrogens is 297 g/mol. The summed E-state index contributed by atoms with van der Waals surface area (Å²) < 4.78 is 13.5. The van der Waals surface area contributed by atoms with E-state index in [0.29, 0.717) is 16.2 Å². The molecule has 2 N–H and O–H groups in total. The monoisotopic (exact) mass is 317 g/mol. The van der Waals surface area contributed by atoms with Gasteiger partial charge in [-0.3, -0.25) is 10.1 Å². The molecule has 0 atom stereocenters. The van der Waals surface area contributed by atoms with Crippen molar-refractivity contribution in [2.75, 3.05) is 17.2 Å². The number of carbonyl (C=O) groups is 1. The van der Waals surface area contributed by atoms with Crippen molar-refractivity contribution in [1.82, 2.24) is 0 Å². The Kier molecular flexibility index (Phi) is 5.91. The van der Waals surface area contributed by atoms with E-state index in [4.69, 9.17) is 0 Å². The molecule has 0 bridgehead atoms. The van der Waals surface area contributed by atoms with Crippen LogP contribution in [0.1, 0.15) is 36.5 Å². The van der Waals surface area contributed by atoms with Gasteiger partial charge in [-0.05, 0) is 43.2 Å². The first-order valence-electron chi connectivity index (χ1n) is 7.64. The molecule has 2 rings (SSSR count). The zero-order valence-corrected chi connectivity index (χ0v) is 13.0. The number of nitrogens with one attached hydrogen (secondary N) is 2. The second-order valence-electron chi connectivity index (χ2n) is 5.22. The molecule has 0 unspecified atom stereocenters. The largest absolute Gasteiger partial charge is 0.711 e. The number of hydrogen-bond acceptors (Lipinski definition) is 3. The van der Waals surface area contributed by atoms with E-state index in [1.54, 1.807) is 12.1 Å². The Morgan fingerprint density at radius 2 is 1.91 bits per heavy atom. The summed E-state index contributed by atoms with van der Waals surface area (Å²) in [6.07, 6.45) is 4.43. The Labute approximate surface area is 134 Å². The standard InChI is InChI=1S/C17H20FN3O2/c1-2-3-4-11-19-16-10-5-13(12-21(16)23)17(22)20-15-8-6-14(18)7-9-15/h5-10,12,19H,2-4,11H2,1H3,(H,20,22). The van der Waals surface area contributed by atoms with E-state index in [-0.39, 0.29) is 11.4 Å². The lowest BCUT2D eigenvalue weighted by Crippen LogP contribution is -2.32. The molecule has 2 aromatic rings. The van der Waals surface area contributed by atoms with Gasteiger partial charge in [0.1, 0.15) is 12.0 Å². The minimum atomic E-state index is -0.418. The van der Waals surface area contributed by atoms with Crippen LogP contribution in [-0.4, -0.2) is 12.5 Å². The number of rotatable bonds is 7. The van der Waals surface area contributed by atoms with Crippen LogP contribution in [0.5, 0.6) is 0 Å². The third-order valence-electron chi connectivity index (χ3n) is 3.37. The van der Waals surface area contributed by atoms with Crippen molar-refractivity contribution < 1.29 is 13.9 Å². The fourth-order valence-electron chi connectivity index (χ4n) is 2.08. The third kappa shape index (κ3) is 4.95. The van der Waals surface area contributed by atoms with Crippen molar-refractivity contribution in [2.24, 2.45) is 0 Å². The van der Waals surface area contributed by atoms with Gasteiger partial charge in [0.2, 0.25) is 0 Å². The first kappa shape index (κ1) is 16.7. The molecule has 23 heavy (non-hydrogen) atoms. The van der Waals surface area contributed by atoms with Crippen LogP contribution in [-0.2, 0) is 0 Å². The van der Waals surface area contributed by atoms with Crippen LogP contribution in [0.2, 0.25) is 0 Å². The highest BCUT2D eigenvalue weighted by atomic mass is 19.1. The predicted molar refractivity (Wildman–Crippen MR) is 87.8 cm³/mol. The predicted octanol–water partition coefficient (Wildman–Crippen LogP) is 3.31. The number of pyridine rings is 1. The zero-order valence-electron chi connectivity index (χ0n) is 13.0. The SMILES string of the molecule is CCCCCNc1ccc(C(=O)Nc2ccc(F)cc2)c[n+]1[O-]. The van der Waals surface area contributed by atoms with Gasteiger partial charge >= 0.3 is 0 Å². The zero-order chi connectivity index (χ0) is 16.7. The molecule has 5 nitrogen and oxygen atoms in total. The minimum absolute atomic E-state index is 0.239. The lowest BCUT2D eigenvalue weighted by atomic mass is 10.2. The molecule has 6 heteroatoms. The van der Waals surface area contributed by atoms with Crippen LogP contribution in [0, 0.1) is 11.0 Å². The number of aromatic nitrogens is 1.